The molecule has 6 heteroatoms. The standard InChI is InChI=1S/C12H21N3O3/c1-4-12(3,17-5-2)11-14-10(18-15-11)9-6-8(16)7-13-9/h8-9,13,16H,4-7H2,1-3H3/t8-,9-,12?/m0/s1. The monoisotopic (exact) mass is 255 g/mol. The second kappa shape index (κ2) is 5.34. The van der Waals surface area contributed by atoms with Gasteiger partial charge in [-0.15, -0.1) is 0 Å². The van der Waals surface area contributed by atoms with Crippen LogP contribution in [0.3, 0.4) is 0 Å². The van der Waals surface area contributed by atoms with Crippen LogP contribution in [0.4, 0.5) is 0 Å². The molecule has 102 valence electrons. The Balaban J connectivity index is 2.14. The highest BCUT2D eigenvalue weighted by atomic mass is 16.5. The molecule has 6 nitrogen and oxygen atoms in total. The number of aromatic nitrogens is 2. The van der Waals surface area contributed by atoms with E-state index in [-0.39, 0.29) is 12.1 Å². The van der Waals surface area contributed by atoms with Crippen LogP contribution in [0.15, 0.2) is 4.52 Å². The van der Waals surface area contributed by atoms with Gasteiger partial charge in [0.1, 0.15) is 5.60 Å². The van der Waals surface area contributed by atoms with Crippen molar-refractivity contribution in [2.45, 2.75) is 51.4 Å². The van der Waals surface area contributed by atoms with Crippen molar-refractivity contribution in [3.05, 3.63) is 11.7 Å². The highest BCUT2D eigenvalue weighted by Crippen LogP contribution is 2.29. The number of aliphatic hydroxyl groups is 1. The van der Waals surface area contributed by atoms with E-state index in [2.05, 4.69) is 15.5 Å². The molecule has 2 rings (SSSR count). The molecule has 0 aromatic carbocycles. The summed E-state index contributed by atoms with van der Waals surface area (Å²) >= 11 is 0. The normalized spacial score (nSPS) is 27.3. The molecule has 1 aromatic heterocycles. The van der Waals surface area contributed by atoms with Crippen molar-refractivity contribution in [2.24, 2.45) is 0 Å². The van der Waals surface area contributed by atoms with Gasteiger partial charge in [0.15, 0.2) is 0 Å². The Morgan fingerprint density at radius 2 is 2.33 bits per heavy atom. The van der Waals surface area contributed by atoms with E-state index in [1.807, 2.05) is 20.8 Å². The zero-order valence-electron chi connectivity index (χ0n) is 11.1. The van der Waals surface area contributed by atoms with Crippen LogP contribution >= 0.6 is 0 Å². The quantitative estimate of drug-likeness (QED) is 0.821. The molecule has 0 radical (unpaired) electrons. The van der Waals surface area contributed by atoms with Gasteiger partial charge >= 0.3 is 0 Å². The molecule has 1 aromatic rings. The lowest BCUT2D eigenvalue weighted by molar-refractivity contribution is -0.0403. The van der Waals surface area contributed by atoms with Crippen LogP contribution < -0.4 is 5.32 Å². The van der Waals surface area contributed by atoms with Gasteiger partial charge < -0.3 is 19.7 Å². The molecular formula is C12H21N3O3. The molecule has 2 heterocycles. The van der Waals surface area contributed by atoms with E-state index < -0.39 is 5.60 Å². The molecule has 1 unspecified atom stereocenters. The number of hydrogen-bond donors (Lipinski definition) is 2. The predicted molar refractivity (Wildman–Crippen MR) is 64.9 cm³/mol. The second-order valence-electron chi connectivity index (χ2n) is 4.82. The van der Waals surface area contributed by atoms with E-state index in [1.54, 1.807) is 0 Å². The van der Waals surface area contributed by atoms with Crippen LogP contribution in [0.2, 0.25) is 0 Å². The summed E-state index contributed by atoms with van der Waals surface area (Å²) in [5, 5.41) is 16.6. The van der Waals surface area contributed by atoms with Crippen LogP contribution in [0, 0.1) is 0 Å². The number of ether oxygens (including phenoxy) is 1. The minimum Gasteiger partial charge on any atom is -0.392 e. The van der Waals surface area contributed by atoms with Crippen molar-refractivity contribution >= 4 is 0 Å². The lowest BCUT2D eigenvalue weighted by Gasteiger charge is -2.23. The third-order valence-corrected chi connectivity index (χ3v) is 3.46. The molecular weight excluding hydrogens is 234 g/mol. The van der Waals surface area contributed by atoms with Crippen molar-refractivity contribution < 1.29 is 14.4 Å². The van der Waals surface area contributed by atoms with Crippen molar-refractivity contribution in [1.82, 2.24) is 15.5 Å². The summed E-state index contributed by atoms with van der Waals surface area (Å²) < 4.78 is 11.0. The van der Waals surface area contributed by atoms with Crippen LogP contribution in [0.5, 0.6) is 0 Å². The van der Waals surface area contributed by atoms with Crippen molar-refractivity contribution in [3.8, 4) is 0 Å². The molecule has 18 heavy (non-hydrogen) atoms. The lowest BCUT2D eigenvalue weighted by atomic mass is 10.0. The van der Waals surface area contributed by atoms with Gasteiger partial charge in [0.05, 0.1) is 12.1 Å². The van der Waals surface area contributed by atoms with Gasteiger partial charge in [-0.05, 0) is 26.7 Å². The van der Waals surface area contributed by atoms with Gasteiger partial charge in [-0.25, -0.2) is 0 Å². The van der Waals surface area contributed by atoms with Crippen LogP contribution in [-0.2, 0) is 10.3 Å². The van der Waals surface area contributed by atoms with Crippen molar-refractivity contribution in [3.63, 3.8) is 0 Å². The largest absolute Gasteiger partial charge is 0.392 e. The summed E-state index contributed by atoms with van der Waals surface area (Å²) in [4.78, 5) is 4.41. The Morgan fingerprint density at radius 3 is 2.89 bits per heavy atom. The van der Waals surface area contributed by atoms with E-state index in [9.17, 15) is 5.11 Å². The van der Waals surface area contributed by atoms with E-state index in [4.69, 9.17) is 9.26 Å². The summed E-state index contributed by atoms with van der Waals surface area (Å²) in [6, 6.07) is -0.0519. The van der Waals surface area contributed by atoms with E-state index in [1.165, 1.54) is 0 Å². The first-order chi connectivity index (χ1) is 8.59. The van der Waals surface area contributed by atoms with Gasteiger partial charge in [0.25, 0.3) is 0 Å². The van der Waals surface area contributed by atoms with E-state index >= 15 is 0 Å². The van der Waals surface area contributed by atoms with Gasteiger partial charge in [-0.1, -0.05) is 12.1 Å². The predicted octanol–water partition coefficient (Wildman–Crippen LogP) is 1.13. The smallest absolute Gasteiger partial charge is 0.243 e. The van der Waals surface area contributed by atoms with E-state index in [0.717, 1.165) is 6.42 Å². The zero-order chi connectivity index (χ0) is 13.2. The number of hydrogen-bond acceptors (Lipinski definition) is 6. The van der Waals surface area contributed by atoms with Crippen molar-refractivity contribution in [1.29, 1.82) is 0 Å². The molecule has 0 aliphatic carbocycles. The summed E-state index contributed by atoms with van der Waals surface area (Å²) in [6.07, 6.45) is 1.05. The first-order valence-corrected chi connectivity index (χ1v) is 6.48. The SMILES string of the molecule is CCOC(C)(CC)c1noc([C@@H]2C[C@H](O)CN2)n1. The average molecular weight is 255 g/mol. The molecule has 1 aliphatic rings. The highest BCUT2D eigenvalue weighted by molar-refractivity contribution is 5.03. The van der Waals surface area contributed by atoms with Gasteiger partial charge in [0, 0.05) is 13.2 Å². The lowest BCUT2D eigenvalue weighted by Crippen LogP contribution is -2.26. The topological polar surface area (TPSA) is 80.4 Å². The summed E-state index contributed by atoms with van der Waals surface area (Å²) in [7, 11) is 0. The Morgan fingerprint density at radius 1 is 1.56 bits per heavy atom. The van der Waals surface area contributed by atoms with Crippen LogP contribution in [0.1, 0.15) is 51.4 Å². The van der Waals surface area contributed by atoms with Gasteiger partial charge in [-0.2, -0.15) is 4.98 Å². The molecule has 2 N–H and O–H groups in total. The van der Waals surface area contributed by atoms with Crippen LogP contribution in [-0.4, -0.2) is 34.5 Å². The van der Waals surface area contributed by atoms with Gasteiger partial charge in [-0.3, -0.25) is 0 Å². The minimum atomic E-state index is -0.506. The maximum Gasteiger partial charge on any atom is 0.243 e. The molecule has 1 saturated heterocycles. The Hall–Kier alpha value is -0.980. The number of aliphatic hydroxyl groups excluding tert-OH is 1. The third kappa shape index (κ3) is 2.55. The maximum absolute atomic E-state index is 9.48. The highest BCUT2D eigenvalue weighted by Gasteiger charge is 2.34. The number of nitrogens with one attached hydrogen (secondary N) is 1. The molecule has 0 amide bonds. The fraction of sp³-hybridized carbons (Fsp3) is 0.833. The Bertz CT molecular complexity index is 396. The molecule has 1 fully saturated rings. The summed E-state index contributed by atoms with van der Waals surface area (Å²) in [5.74, 6) is 1.10. The second-order valence-corrected chi connectivity index (χ2v) is 4.82. The Labute approximate surface area is 107 Å². The van der Waals surface area contributed by atoms with Crippen molar-refractivity contribution in [2.75, 3.05) is 13.2 Å². The number of nitrogens with zero attached hydrogens (tertiary/aromatic N) is 2. The van der Waals surface area contributed by atoms with Gasteiger partial charge in [0.2, 0.25) is 11.7 Å². The first kappa shape index (κ1) is 13.5. The fourth-order valence-corrected chi connectivity index (χ4v) is 2.14. The zero-order valence-corrected chi connectivity index (χ0v) is 11.1. The molecule has 1 aliphatic heterocycles. The first-order valence-electron chi connectivity index (χ1n) is 6.48. The molecule has 0 bridgehead atoms. The fourth-order valence-electron chi connectivity index (χ4n) is 2.14. The Kier molecular flexibility index (Phi) is 3.99. The summed E-state index contributed by atoms with van der Waals surface area (Å²) in [6.45, 7) is 7.11. The minimum absolute atomic E-state index is 0.0519. The molecule has 0 saturated carbocycles. The number of β-amino-alcohol motifs (C(OH)–C–C–N with tert-alkyl or cyclic N) is 1. The number of rotatable bonds is 5. The average Bonchev–Trinajstić information content (AvgIpc) is 2.97. The summed E-state index contributed by atoms with van der Waals surface area (Å²) in [5.41, 5.74) is -0.506. The maximum atomic E-state index is 9.48. The molecule has 3 atom stereocenters. The molecule has 0 spiro atoms. The third-order valence-electron chi connectivity index (χ3n) is 3.46. The van der Waals surface area contributed by atoms with Crippen LogP contribution in [0.25, 0.3) is 0 Å². The van der Waals surface area contributed by atoms with E-state index in [0.29, 0.717) is 31.3 Å².